The molecule has 0 saturated heterocycles. The predicted molar refractivity (Wildman–Crippen MR) is 107 cm³/mol. The van der Waals surface area contributed by atoms with Crippen molar-refractivity contribution in [2.45, 2.75) is 53.5 Å². The second kappa shape index (κ2) is 6.42. The minimum absolute atomic E-state index is 0.169. The molecule has 4 heteroatoms. The molecule has 26 heavy (non-hydrogen) atoms. The second-order valence-electron chi connectivity index (χ2n) is 8.92. The van der Waals surface area contributed by atoms with Crippen molar-refractivity contribution in [1.29, 1.82) is 0 Å². The van der Waals surface area contributed by atoms with Crippen molar-refractivity contribution in [2.24, 2.45) is 5.41 Å². The molecule has 2 heterocycles. The zero-order chi connectivity index (χ0) is 19.1. The third kappa shape index (κ3) is 3.74. The number of pyridine rings is 1. The van der Waals surface area contributed by atoms with Crippen LogP contribution in [0.3, 0.4) is 0 Å². The largest absolute Gasteiger partial charge is 0.364 e. The summed E-state index contributed by atoms with van der Waals surface area (Å²) in [5.41, 5.74) is 3.08. The smallest absolute Gasteiger partial charge is 0.142 e. The molecule has 0 bridgehead atoms. The van der Waals surface area contributed by atoms with E-state index in [2.05, 4.69) is 39.9 Å². The molecule has 0 atom stereocenters. The molecule has 0 fully saturated rings. The van der Waals surface area contributed by atoms with E-state index in [1.165, 1.54) is 6.07 Å². The summed E-state index contributed by atoms with van der Waals surface area (Å²) in [6.45, 7) is 13.1. The lowest BCUT2D eigenvalue weighted by molar-refractivity contribution is 0.302. The predicted octanol–water partition coefficient (Wildman–Crippen LogP) is 6.08. The lowest BCUT2D eigenvalue weighted by atomic mass is 9.82. The Bertz CT molecular complexity index is 932. The van der Waals surface area contributed by atoms with Gasteiger partial charge in [-0.3, -0.25) is 4.40 Å². The number of hydrogen-bond acceptors (Lipinski definition) is 2. The van der Waals surface area contributed by atoms with Crippen molar-refractivity contribution in [2.75, 3.05) is 5.32 Å². The van der Waals surface area contributed by atoms with Crippen molar-refractivity contribution < 1.29 is 4.39 Å². The van der Waals surface area contributed by atoms with Gasteiger partial charge >= 0.3 is 0 Å². The zero-order valence-corrected chi connectivity index (χ0v) is 16.5. The van der Waals surface area contributed by atoms with Gasteiger partial charge in [0.2, 0.25) is 0 Å². The van der Waals surface area contributed by atoms with Crippen LogP contribution in [0.1, 0.15) is 46.6 Å². The quantitative estimate of drug-likeness (QED) is 0.616. The highest BCUT2D eigenvalue weighted by Crippen LogP contribution is 2.36. The number of aromatic nitrogens is 2. The summed E-state index contributed by atoms with van der Waals surface area (Å²) in [6, 6.07) is 10.8. The first-order chi connectivity index (χ1) is 12.1. The van der Waals surface area contributed by atoms with E-state index in [0.717, 1.165) is 23.4 Å². The van der Waals surface area contributed by atoms with E-state index in [9.17, 15) is 4.39 Å². The van der Waals surface area contributed by atoms with Gasteiger partial charge in [0, 0.05) is 17.3 Å². The number of nitrogens with one attached hydrogen (secondary N) is 1. The Labute approximate surface area is 155 Å². The van der Waals surface area contributed by atoms with Crippen LogP contribution in [0, 0.1) is 18.2 Å². The van der Waals surface area contributed by atoms with Gasteiger partial charge in [-0.25, -0.2) is 9.37 Å². The first kappa shape index (κ1) is 18.4. The molecule has 3 rings (SSSR count). The van der Waals surface area contributed by atoms with Gasteiger partial charge < -0.3 is 5.32 Å². The molecular weight excluding hydrogens is 325 g/mol. The molecule has 0 unspecified atom stereocenters. The van der Waals surface area contributed by atoms with Gasteiger partial charge in [0.05, 0.1) is 0 Å². The number of nitrogens with zero attached hydrogens (tertiary/aromatic N) is 2. The van der Waals surface area contributed by atoms with Crippen LogP contribution in [0.5, 0.6) is 0 Å². The highest BCUT2D eigenvalue weighted by atomic mass is 19.1. The van der Waals surface area contributed by atoms with Crippen LogP contribution < -0.4 is 5.32 Å². The number of halogens is 1. The maximum atomic E-state index is 14.5. The average Bonchev–Trinajstić information content (AvgIpc) is 2.85. The van der Waals surface area contributed by atoms with E-state index in [1.807, 2.05) is 35.7 Å². The highest BCUT2D eigenvalue weighted by molar-refractivity contribution is 5.78. The number of anilines is 1. The van der Waals surface area contributed by atoms with Crippen LogP contribution in [-0.2, 0) is 0 Å². The lowest BCUT2D eigenvalue weighted by Gasteiger charge is -2.34. The van der Waals surface area contributed by atoms with Crippen LogP contribution >= 0.6 is 0 Å². The SMILES string of the molecule is Cc1cccn2c(NC(C)(C)CC(C)(C)C)c(-c3ccccc3F)nc12. The first-order valence-electron chi connectivity index (χ1n) is 9.08. The molecular formula is C22H28FN3. The Morgan fingerprint density at radius 2 is 1.73 bits per heavy atom. The molecule has 0 saturated carbocycles. The molecule has 0 radical (unpaired) electrons. The van der Waals surface area contributed by atoms with E-state index in [4.69, 9.17) is 4.98 Å². The molecule has 2 aromatic heterocycles. The lowest BCUT2D eigenvalue weighted by Crippen LogP contribution is -2.36. The van der Waals surface area contributed by atoms with Gasteiger partial charge in [0.15, 0.2) is 0 Å². The van der Waals surface area contributed by atoms with E-state index >= 15 is 0 Å². The Hall–Kier alpha value is -2.36. The molecule has 3 aromatic rings. The van der Waals surface area contributed by atoms with Crippen LogP contribution in [0.25, 0.3) is 16.9 Å². The normalized spacial score (nSPS) is 12.6. The van der Waals surface area contributed by atoms with Gasteiger partial charge in [0.1, 0.15) is 23.0 Å². The maximum absolute atomic E-state index is 14.5. The van der Waals surface area contributed by atoms with Gasteiger partial charge in [-0.05, 0) is 56.4 Å². The van der Waals surface area contributed by atoms with E-state index < -0.39 is 0 Å². The van der Waals surface area contributed by atoms with E-state index in [1.54, 1.807) is 12.1 Å². The number of rotatable bonds is 4. The number of imidazole rings is 1. The summed E-state index contributed by atoms with van der Waals surface area (Å²) in [7, 11) is 0. The van der Waals surface area contributed by atoms with Crippen molar-refractivity contribution in [3.05, 3.63) is 54.0 Å². The van der Waals surface area contributed by atoms with Gasteiger partial charge in [-0.15, -0.1) is 0 Å². The Morgan fingerprint density at radius 1 is 1.04 bits per heavy atom. The Kier molecular flexibility index (Phi) is 4.55. The van der Waals surface area contributed by atoms with Crippen LogP contribution in [0.4, 0.5) is 10.2 Å². The number of hydrogen-bond donors (Lipinski definition) is 1. The molecule has 0 aliphatic rings. The zero-order valence-electron chi connectivity index (χ0n) is 16.5. The third-order valence-corrected chi connectivity index (χ3v) is 4.40. The topological polar surface area (TPSA) is 29.3 Å². The molecule has 1 N–H and O–H groups in total. The standard InChI is InChI=1S/C22H28FN3/c1-15-10-9-13-26-19(15)24-18(16-11-7-8-12-17(16)23)20(26)25-22(5,6)14-21(2,3)4/h7-13,25H,14H2,1-6H3. The average molecular weight is 353 g/mol. The second-order valence-corrected chi connectivity index (χ2v) is 8.92. The van der Waals surface area contributed by atoms with Crippen molar-refractivity contribution in [3.8, 4) is 11.3 Å². The summed E-state index contributed by atoms with van der Waals surface area (Å²) in [4.78, 5) is 4.78. The molecule has 3 nitrogen and oxygen atoms in total. The third-order valence-electron chi connectivity index (χ3n) is 4.40. The van der Waals surface area contributed by atoms with Crippen molar-refractivity contribution in [1.82, 2.24) is 9.38 Å². The summed E-state index contributed by atoms with van der Waals surface area (Å²) < 4.78 is 16.5. The number of fused-ring (bicyclic) bond motifs is 1. The Morgan fingerprint density at radius 3 is 2.38 bits per heavy atom. The Balaban J connectivity index is 2.18. The highest BCUT2D eigenvalue weighted by Gasteiger charge is 2.28. The van der Waals surface area contributed by atoms with Crippen LogP contribution in [-0.4, -0.2) is 14.9 Å². The molecule has 0 spiro atoms. The summed E-state index contributed by atoms with van der Waals surface area (Å²) in [5.74, 6) is 0.577. The molecule has 0 amide bonds. The van der Waals surface area contributed by atoms with Crippen molar-refractivity contribution in [3.63, 3.8) is 0 Å². The number of aryl methyl sites for hydroxylation is 1. The van der Waals surface area contributed by atoms with Gasteiger partial charge in [-0.1, -0.05) is 39.0 Å². The number of benzene rings is 1. The molecule has 0 aliphatic carbocycles. The first-order valence-corrected chi connectivity index (χ1v) is 9.08. The maximum Gasteiger partial charge on any atom is 0.142 e. The summed E-state index contributed by atoms with van der Waals surface area (Å²) >= 11 is 0. The minimum Gasteiger partial charge on any atom is -0.364 e. The van der Waals surface area contributed by atoms with Crippen LogP contribution in [0.2, 0.25) is 0 Å². The monoisotopic (exact) mass is 353 g/mol. The van der Waals surface area contributed by atoms with Crippen LogP contribution in [0.15, 0.2) is 42.6 Å². The summed E-state index contributed by atoms with van der Waals surface area (Å²) in [5, 5.41) is 3.65. The van der Waals surface area contributed by atoms with Crippen molar-refractivity contribution >= 4 is 11.5 Å². The van der Waals surface area contributed by atoms with Gasteiger partial charge in [-0.2, -0.15) is 0 Å². The van der Waals surface area contributed by atoms with Gasteiger partial charge in [0.25, 0.3) is 0 Å². The molecule has 138 valence electrons. The summed E-state index contributed by atoms with van der Waals surface area (Å²) in [6.07, 6.45) is 2.95. The minimum atomic E-state index is -0.259. The fraction of sp³-hybridized carbons (Fsp3) is 0.409. The van der Waals surface area contributed by atoms with E-state index in [0.29, 0.717) is 11.3 Å². The molecule has 1 aromatic carbocycles. The fourth-order valence-corrected chi connectivity index (χ4v) is 3.86. The fourth-order valence-electron chi connectivity index (χ4n) is 3.86. The van der Waals surface area contributed by atoms with E-state index in [-0.39, 0.29) is 16.8 Å². The molecule has 0 aliphatic heterocycles.